The second-order valence-corrected chi connectivity index (χ2v) is 11.1. The Morgan fingerprint density at radius 2 is 1.61 bits per heavy atom. The first kappa shape index (κ1) is 24.0. The van der Waals surface area contributed by atoms with Gasteiger partial charge in [-0.15, -0.1) is 0 Å². The summed E-state index contributed by atoms with van der Waals surface area (Å²) in [6.07, 6.45) is 2.88. The number of carbonyl (C=O) groups excluding carboxylic acids is 1. The van der Waals surface area contributed by atoms with Crippen LogP contribution < -0.4 is 10.2 Å². The summed E-state index contributed by atoms with van der Waals surface area (Å²) in [5.74, 6) is -0.103. The van der Waals surface area contributed by atoms with E-state index in [-0.39, 0.29) is 10.8 Å². The van der Waals surface area contributed by atoms with Gasteiger partial charge in [-0.1, -0.05) is 24.1 Å². The standard InChI is InChI=1S/C24H31ClN4O3S/c1-19-5-6-20(25)17-23(19)28-15-13-27(14-16-28)18-24(30)26-21-7-9-22(10-8-21)33(31,32)29-11-3-2-4-12-29/h5-10,17H,2-4,11-16,18H2,1H3,(H,26,30). The van der Waals surface area contributed by atoms with Crippen LogP contribution in [-0.2, 0) is 14.8 Å². The van der Waals surface area contributed by atoms with Gasteiger partial charge in [-0.2, -0.15) is 4.31 Å². The molecule has 2 aliphatic heterocycles. The number of hydrogen-bond donors (Lipinski definition) is 1. The van der Waals surface area contributed by atoms with E-state index in [0.717, 1.165) is 56.2 Å². The normalized spacial score (nSPS) is 18.3. The molecule has 2 fully saturated rings. The van der Waals surface area contributed by atoms with Gasteiger partial charge in [0.1, 0.15) is 0 Å². The molecule has 33 heavy (non-hydrogen) atoms. The highest BCUT2D eigenvalue weighted by atomic mass is 35.5. The Morgan fingerprint density at radius 1 is 0.939 bits per heavy atom. The van der Waals surface area contributed by atoms with Crippen LogP contribution in [0.3, 0.4) is 0 Å². The molecule has 0 aliphatic carbocycles. The van der Waals surface area contributed by atoms with Crippen molar-refractivity contribution >= 4 is 38.9 Å². The van der Waals surface area contributed by atoms with Gasteiger partial charge in [0.05, 0.1) is 11.4 Å². The number of carbonyl (C=O) groups is 1. The molecule has 0 aromatic heterocycles. The number of aryl methyl sites for hydroxylation is 1. The highest BCUT2D eigenvalue weighted by Gasteiger charge is 2.26. The Bertz CT molecular complexity index is 1080. The fourth-order valence-electron chi connectivity index (χ4n) is 4.44. The molecule has 0 spiro atoms. The lowest BCUT2D eigenvalue weighted by atomic mass is 10.1. The first-order chi connectivity index (χ1) is 15.8. The number of nitrogens with one attached hydrogen (secondary N) is 1. The minimum absolute atomic E-state index is 0.103. The zero-order valence-corrected chi connectivity index (χ0v) is 20.5. The molecule has 0 bridgehead atoms. The van der Waals surface area contributed by atoms with Crippen molar-refractivity contribution in [3.63, 3.8) is 0 Å². The molecule has 0 unspecified atom stereocenters. The third-order valence-electron chi connectivity index (χ3n) is 6.34. The molecule has 2 aliphatic rings. The summed E-state index contributed by atoms with van der Waals surface area (Å²) in [5, 5.41) is 3.62. The molecule has 1 N–H and O–H groups in total. The molecule has 2 saturated heterocycles. The lowest BCUT2D eigenvalue weighted by Crippen LogP contribution is -2.48. The van der Waals surface area contributed by atoms with Crippen molar-refractivity contribution in [3.8, 4) is 0 Å². The third kappa shape index (κ3) is 5.87. The highest BCUT2D eigenvalue weighted by Crippen LogP contribution is 2.25. The predicted octanol–water partition coefficient (Wildman–Crippen LogP) is 3.58. The van der Waals surface area contributed by atoms with Gasteiger partial charge >= 0.3 is 0 Å². The van der Waals surface area contributed by atoms with E-state index in [1.54, 1.807) is 28.6 Å². The zero-order chi connectivity index (χ0) is 23.4. The fourth-order valence-corrected chi connectivity index (χ4v) is 6.12. The van der Waals surface area contributed by atoms with Crippen molar-refractivity contribution in [3.05, 3.63) is 53.1 Å². The number of sulfonamides is 1. The van der Waals surface area contributed by atoms with Gasteiger partial charge in [0, 0.05) is 55.7 Å². The summed E-state index contributed by atoms with van der Waals surface area (Å²) in [6, 6.07) is 12.4. The summed E-state index contributed by atoms with van der Waals surface area (Å²) in [5.41, 5.74) is 2.94. The molecule has 0 saturated carbocycles. The first-order valence-corrected chi connectivity index (χ1v) is 13.3. The van der Waals surface area contributed by atoms with Crippen molar-refractivity contribution in [2.75, 3.05) is 56.0 Å². The first-order valence-electron chi connectivity index (χ1n) is 11.5. The number of piperazine rings is 1. The van der Waals surface area contributed by atoms with Crippen LogP contribution in [0.4, 0.5) is 11.4 Å². The van der Waals surface area contributed by atoms with E-state index in [0.29, 0.717) is 25.3 Å². The van der Waals surface area contributed by atoms with E-state index in [1.807, 2.05) is 18.2 Å². The van der Waals surface area contributed by atoms with E-state index in [2.05, 4.69) is 22.0 Å². The number of nitrogens with zero attached hydrogens (tertiary/aromatic N) is 3. The summed E-state index contributed by atoms with van der Waals surface area (Å²) in [4.78, 5) is 17.3. The second kappa shape index (κ2) is 10.4. The number of halogens is 1. The van der Waals surface area contributed by atoms with Crippen LogP contribution in [0.25, 0.3) is 0 Å². The van der Waals surface area contributed by atoms with Crippen LogP contribution in [0.5, 0.6) is 0 Å². The van der Waals surface area contributed by atoms with Crippen molar-refractivity contribution in [2.45, 2.75) is 31.1 Å². The van der Waals surface area contributed by atoms with Gasteiger partial charge < -0.3 is 10.2 Å². The number of amides is 1. The number of anilines is 2. The van der Waals surface area contributed by atoms with Gasteiger partial charge in [0.25, 0.3) is 0 Å². The van der Waals surface area contributed by atoms with E-state index >= 15 is 0 Å². The van der Waals surface area contributed by atoms with Crippen molar-refractivity contribution in [1.82, 2.24) is 9.21 Å². The molecule has 2 heterocycles. The molecule has 1 amide bonds. The van der Waals surface area contributed by atoms with Gasteiger partial charge in [0.15, 0.2) is 0 Å². The van der Waals surface area contributed by atoms with Crippen molar-refractivity contribution in [1.29, 1.82) is 0 Å². The maximum absolute atomic E-state index is 12.8. The third-order valence-corrected chi connectivity index (χ3v) is 8.49. The fraction of sp³-hybridized carbons (Fsp3) is 0.458. The minimum atomic E-state index is -3.46. The van der Waals surface area contributed by atoms with Crippen LogP contribution in [-0.4, -0.2) is 69.3 Å². The summed E-state index contributed by atoms with van der Waals surface area (Å²) < 4.78 is 27.1. The Morgan fingerprint density at radius 3 is 2.27 bits per heavy atom. The van der Waals surface area contributed by atoms with Crippen LogP contribution in [0, 0.1) is 6.92 Å². The molecule has 4 rings (SSSR count). The van der Waals surface area contributed by atoms with Crippen molar-refractivity contribution < 1.29 is 13.2 Å². The maximum atomic E-state index is 12.8. The highest BCUT2D eigenvalue weighted by molar-refractivity contribution is 7.89. The van der Waals surface area contributed by atoms with E-state index < -0.39 is 10.0 Å². The van der Waals surface area contributed by atoms with Gasteiger partial charge in [-0.05, 0) is 61.7 Å². The Labute approximate surface area is 201 Å². The van der Waals surface area contributed by atoms with E-state index in [1.165, 1.54) is 5.56 Å². The smallest absolute Gasteiger partial charge is 0.243 e. The van der Waals surface area contributed by atoms with Crippen LogP contribution in [0.1, 0.15) is 24.8 Å². The monoisotopic (exact) mass is 490 g/mol. The molecule has 2 aromatic carbocycles. The van der Waals surface area contributed by atoms with Crippen LogP contribution in [0.15, 0.2) is 47.4 Å². The van der Waals surface area contributed by atoms with Crippen LogP contribution in [0.2, 0.25) is 5.02 Å². The molecule has 2 aromatic rings. The molecule has 9 heteroatoms. The zero-order valence-electron chi connectivity index (χ0n) is 19.0. The lowest BCUT2D eigenvalue weighted by Gasteiger charge is -2.36. The average molecular weight is 491 g/mol. The lowest BCUT2D eigenvalue weighted by molar-refractivity contribution is -0.117. The molecule has 0 radical (unpaired) electrons. The molecule has 0 atom stereocenters. The number of piperidine rings is 1. The molecule has 178 valence electrons. The minimum Gasteiger partial charge on any atom is -0.369 e. The van der Waals surface area contributed by atoms with Gasteiger partial charge in [0.2, 0.25) is 15.9 Å². The quantitative estimate of drug-likeness (QED) is 0.670. The van der Waals surface area contributed by atoms with Gasteiger partial charge in [-0.25, -0.2) is 8.42 Å². The molecule has 7 nitrogen and oxygen atoms in total. The average Bonchev–Trinajstić information content (AvgIpc) is 2.82. The predicted molar refractivity (Wildman–Crippen MR) is 133 cm³/mol. The molecular formula is C24H31ClN4O3S. The van der Waals surface area contributed by atoms with Crippen LogP contribution >= 0.6 is 11.6 Å². The maximum Gasteiger partial charge on any atom is 0.243 e. The second-order valence-electron chi connectivity index (χ2n) is 8.73. The van der Waals surface area contributed by atoms with Crippen molar-refractivity contribution in [2.24, 2.45) is 0 Å². The largest absolute Gasteiger partial charge is 0.369 e. The van der Waals surface area contributed by atoms with Gasteiger partial charge in [-0.3, -0.25) is 9.69 Å². The SMILES string of the molecule is Cc1ccc(Cl)cc1N1CCN(CC(=O)Nc2ccc(S(=O)(=O)N3CCCCC3)cc2)CC1. The number of hydrogen-bond acceptors (Lipinski definition) is 5. The summed E-state index contributed by atoms with van der Waals surface area (Å²) in [6.45, 7) is 6.76. The van der Waals surface area contributed by atoms with E-state index in [4.69, 9.17) is 11.6 Å². The molecular weight excluding hydrogens is 460 g/mol. The Balaban J connectivity index is 1.28. The number of rotatable bonds is 6. The summed E-state index contributed by atoms with van der Waals surface area (Å²) in [7, 11) is -3.46. The topological polar surface area (TPSA) is 73.0 Å². The Kier molecular flexibility index (Phi) is 7.58. The Hall–Kier alpha value is -2.13. The van der Waals surface area contributed by atoms with E-state index in [9.17, 15) is 13.2 Å². The number of benzene rings is 2. The summed E-state index contributed by atoms with van der Waals surface area (Å²) >= 11 is 6.16.